The molecule has 0 aromatic heterocycles. The molecule has 0 unspecified atom stereocenters. The van der Waals surface area contributed by atoms with Crippen molar-refractivity contribution in [1.29, 1.82) is 0 Å². The van der Waals surface area contributed by atoms with Crippen molar-refractivity contribution in [2.75, 3.05) is 12.4 Å². The Bertz CT molecular complexity index is 765. The first-order chi connectivity index (χ1) is 12.0. The summed E-state index contributed by atoms with van der Waals surface area (Å²) >= 11 is 0. The van der Waals surface area contributed by atoms with Gasteiger partial charge in [-0.3, -0.25) is 4.79 Å². The molecule has 0 bridgehead atoms. The van der Waals surface area contributed by atoms with Crippen molar-refractivity contribution in [2.45, 2.75) is 19.9 Å². The molecule has 0 saturated heterocycles. The second-order valence-corrected chi connectivity index (χ2v) is 5.77. The van der Waals surface area contributed by atoms with Gasteiger partial charge in [0, 0.05) is 22.9 Å². The van der Waals surface area contributed by atoms with Gasteiger partial charge in [0.1, 0.15) is 5.75 Å². The Hall–Kier alpha value is -3.08. The van der Waals surface area contributed by atoms with Gasteiger partial charge >= 0.3 is 6.03 Å². The number of ketones is 1. The Morgan fingerprint density at radius 3 is 2.36 bits per heavy atom. The smallest absolute Gasteiger partial charge is 0.319 e. The van der Waals surface area contributed by atoms with Crippen LogP contribution >= 0.6 is 0 Å². The van der Waals surface area contributed by atoms with Gasteiger partial charge in [0.05, 0.1) is 7.11 Å². The summed E-state index contributed by atoms with van der Waals surface area (Å²) in [4.78, 5) is 23.9. The zero-order valence-corrected chi connectivity index (χ0v) is 14.6. The van der Waals surface area contributed by atoms with Gasteiger partial charge in [-0.2, -0.15) is 0 Å². The monoisotopic (exact) mass is 338 g/mol. The Balaban J connectivity index is 2.03. The molecule has 2 N–H and O–H groups in total. The predicted molar refractivity (Wildman–Crippen MR) is 100 cm³/mol. The van der Waals surface area contributed by atoms with Crippen LogP contribution in [0.1, 0.15) is 29.8 Å². The van der Waals surface area contributed by atoms with Gasteiger partial charge in [-0.25, -0.2) is 4.79 Å². The second kappa shape index (κ2) is 8.68. The molecule has 0 spiro atoms. The third-order valence-electron chi connectivity index (χ3n) is 3.40. The summed E-state index contributed by atoms with van der Waals surface area (Å²) in [5.74, 6) is 0.589. The Labute approximate surface area is 147 Å². The minimum Gasteiger partial charge on any atom is -0.496 e. The fraction of sp³-hybridized carbons (Fsp3) is 0.200. The summed E-state index contributed by atoms with van der Waals surface area (Å²) < 4.78 is 5.25. The molecular weight excluding hydrogens is 316 g/mol. The minimum atomic E-state index is -0.273. The van der Waals surface area contributed by atoms with Crippen molar-refractivity contribution < 1.29 is 14.3 Å². The number of ether oxygens (including phenoxy) is 1. The number of carbonyl (C=O) groups is 2. The molecule has 0 aliphatic rings. The molecular formula is C20H22N2O3. The van der Waals surface area contributed by atoms with Crippen LogP contribution in [0, 0.1) is 0 Å². The van der Waals surface area contributed by atoms with Crippen LogP contribution < -0.4 is 15.4 Å². The Kier molecular flexibility index (Phi) is 6.34. The molecule has 2 aromatic carbocycles. The summed E-state index contributed by atoms with van der Waals surface area (Å²) in [6.07, 6.45) is 3.23. The summed E-state index contributed by atoms with van der Waals surface area (Å²) in [6.45, 7) is 3.77. The predicted octanol–water partition coefficient (Wildman–Crippen LogP) is 4.12. The number of benzene rings is 2. The zero-order valence-electron chi connectivity index (χ0n) is 14.6. The maximum atomic E-state index is 12.3. The van der Waals surface area contributed by atoms with E-state index in [-0.39, 0.29) is 17.9 Å². The molecule has 130 valence electrons. The number of urea groups is 1. The van der Waals surface area contributed by atoms with Gasteiger partial charge in [0.2, 0.25) is 0 Å². The highest BCUT2D eigenvalue weighted by molar-refractivity contribution is 6.07. The lowest BCUT2D eigenvalue weighted by Gasteiger charge is -2.10. The highest BCUT2D eigenvalue weighted by atomic mass is 16.5. The first-order valence-electron chi connectivity index (χ1n) is 8.02. The van der Waals surface area contributed by atoms with E-state index < -0.39 is 0 Å². The van der Waals surface area contributed by atoms with Gasteiger partial charge in [-0.1, -0.05) is 18.2 Å². The van der Waals surface area contributed by atoms with Gasteiger partial charge in [-0.05, 0) is 56.3 Å². The summed E-state index contributed by atoms with van der Waals surface area (Å²) in [5, 5.41) is 5.45. The van der Waals surface area contributed by atoms with E-state index in [1.165, 1.54) is 6.08 Å². The number of hydrogen-bond donors (Lipinski definition) is 2. The molecule has 25 heavy (non-hydrogen) atoms. The van der Waals surface area contributed by atoms with Crippen LogP contribution in [0.2, 0.25) is 0 Å². The van der Waals surface area contributed by atoms with Crippen LogP contribution in [0.5, 0.6) is 5.75 Å². The van der Waals surface area contributed by atoms with E-state index in [2.05, 4.69) is 10.6 Å². The number of nitrogens with one attached hydrogen (secondary N) is 2. The second-order valence-electron chi connectivity index (χ2n) is 5.77. The molecule has 2 aromatic rings. The SMILES string of the molecule is COc1ccccc1/C=C/C(=O)c1ccc(NC(=O)NC(C)C)cc1. The average molecular weight is 338 g/mol. The van der Waals surface area contributed by atoms with Gasteiger partial charge < -0.3 is 15.4 Å². The molecule has 2 amide bonds. The number of anilines is 1. The zero-order chi connectivity index (χ0) is 18.2. The van der Waals surface area contributed by atoms with Crippen LogP contribution in [0.25, 0.3) is 6.08 Å². The third-order valence-corrected chi connectivity index (χ3v) is 3.40. The number of para-hydroxylation sites is 1. The van der Waals surface area contributed by atoms with E-state index in [4.69, 9.17) is 4.74 Å². The first kappa shape index (κ1) is 18.3. The minimum absolute atomic E-state index is 0.0565. The van der Waals surface area contributed by atoms with Crippen LogP contribution in [0.3, 0.4) is 0 Å². The standard InChI is InChI=1S/C20H22N2O3/c1-14(2)21-20(24)22-17-11-8-15(9-12-17)18(23)13-10-16-6-4-5-7-19(16)25-3/h4-14H,1-3H3,(H2,21,22,24)/b13-10+. The lowest BCUT2D eigenvalue weighted by atomic mass is 10.1. The molecule has 5 nitrogen and oxygen atoms in total. The van der Waals surface area contributed by atoms with E-state index in [1.807, 2.05) is 38.1 Å². The third kappa shape index (κ3) is 5.49. The van der Waals surface area contributed by atoms with Crippen molar-refractivity contribution in [1.82, 2.24) is 5.32 Å². The molecule has 2 rings (SSSR count). The normalized spacial score (nSPS) is 10.7. The number of amides is 2. The maximum absolute atomic E-state index is 12.3. The fourth-order valence-electron chi connectivity index (χ4n) is 2.21. The summed E-state index contributed by atoms with van der Waals surface area (Å²) in [7, 11) is 1.59. The number of methoxy groups -OCH3 is 1. The highest BCUT2D eigenvalue weighted by Crippen LogP contribution is 2.19. The summed E-state index contributed by atoms with van der Waals surface area (Å²) in [6, 6.07) is 14.0. The number of allylic oxidation sites excluding steroid dienone is 1. The Morgan fingerprint density at radius 2 is 1.72 bits per heavy atom. The van der Waals surface area contributed by atoms with E-state index in [0.29, 0.717) is 17.0 Å². The van der Waals surface area contributed by atoms with Crippen molar-refractivity contribution in [3.63, 3.8) is 0 Å². The van der Waals surface area contributed by atoms with Gasteiger partial charge in [0.15, 0.2) is 5.78 Å². The maximum Gasteiger partial charge on any atom is 0.319 e. The topological polar surface area (TPSA) is 67.4 Å². The van der Waals surface area contributed by atoms with E-state index >= 15 is 0 Å². The molecule has 0 aliphatic carbocycles. The van der Waals surface area contributed by atoms with E-state index in [9.17, 15) is 9.59 Å². The van der Waals surface area contributed by atoms with Crippen LogP contribution in [-0.4, -0.2) is 25.0 Å². The average Bonchev–Trinajstić information content (AvgIpc) is 2.59. The quantitative estimate of drug-likeness (QED) is 0.615. The molecule has 0 aliphatic heterocycles. The van der Waals surface area contributed by atoms with Crippen molar-refractivity contribution in [3.05, 3.63) is 65.7 Å². The molecule has 0 fully saturated rings. The van der Waals surface area contributed by atoms with Crippen LogP contribution in [-0.2, 0) is 0 Å². The molecule has 0 atom stereocenters. The van der Waals surface area contributed by atoms with Crippen LogP contribution in [0.15, 0.2) is 54.6 Å². The van der Waals surface area contributed by atoms with Gasteiger partial charge in [-0.15, -0.1) is 0 Å². The molecule has 0 radical (unpaired) electrons. The molecule has 0 saturated carbocycles. The van der Waals surface area contributed by atoms with Crippen molar-refractivity contribution in [2.24, 2.45) is 0 Å². The van der Waals surface area contributed by atoms with E-state index in [1.54, 1.807) is 37.5 Å². The van der Waals surface area contributed by atoms with Crippen molar-refractivity contribution >= 4 is 23.6 Å². The lowest BCUT2D eigenvalue weighted by Crippen LogP contribution is -2.34. The molecule has 5 heteroatoms. The molecule has 0 heterocycles. The van der Waals surface area contributed by atoms with E-state index in [0.717, 1.165) is 5.56 Å². The lowest BCUT2D eigenvalue weighted by molar-refractivity contribution is 0.104. The van der Waals surface area contributed by atoms with Crippen molar-refractivity contribution in [3.8, 4) is 5.75 Å². The highest BCUT2D eigenvalue weighted by Gasteiger charge is 2.06. The number of carbonyl (C=O) groups excluding carboxylic acids is 2. The first-order valence-corrected chi connectivity index (χ1v) is 8.02. The summed E-state index contributed by atoms with van der Waals surface area (Å²) in [5.41, 5.74) is 2.01. The van der Waals surface area contributed by atoms with Gasteiger partial charge in [0.25, 0.3) is 0 Å². The van der Waals surface area contributed by atoms with Crippen LogP contribution in [0.4, 0.5) is 10.5 Å². The number of hydrogen-bond acceptors (Lipinski definition) is 3. The number of rotatable bonds is 6. The largest absolute Gasteiger partial charge is 0.496 e. The fourth-order valence-corrected chi connectivity index (χ4v) is 2.21. The Morgan fingerprint density at radius 1 is 1.04 bits per heavy atom.